The molecule has 3 heteroatoms. The first-order chi connectivity index (χ1) is 5.86. The number of aldehydes is 1. The third-order valence-electron chi connectivity index (χ3n) is 1.25. The monoisotopic (exact) mass is 163 g/mol. The summed E-state index contributed by atoms with van der Waals surface area (Å²) in [4.78, 5) is 20.2. The summed E-state index contributed by atoms with van der Waals surface area (Å²) < 4.78 is 4.92. The van der Waals surface area contributed by atoms with Gasteiger partial charge in [0.25, 0.3) is 6.29 Å². The molecule has 0 spiro atoms. The van der Waals surface area contributed by atoms with E-state index in [0.717, 1.165) is 0 Å². The fourth-order valence-corrected chi connectivity index (χ4v) is 0.725. The van der Waals surface area contributed by atoms with Crippen molar-refractivity contribution < 1.29 is 14.3 Å². The van der Waals surface area contributed by atoms with Gasteiger partial charge in [-0.2, -0.15) is 0 Å². The van der Waals surface area contributed by atoms with Gasteiger partial charge in [0.15, 0.2) is 6.29 Å². The highest BCUT2D eigenvalue weighted by Gasteiger charge is 2.06. The van der Waals surface area contributed by atoms with Crippen LogP contribution in [0.2, 0.25) is 0 Å². The van der Waals surface area contributed by atoms with Crippen LogP contribution in [0.3, 0.4) is 0 Å². The van der Waals surface area contributed by atoms with Crippen LogP contribution in [0.4, 0.5) is 0 Å². The zero-order valence-corrected chi connectivity index (χ0v) is 6.27. The van der Waals surface area contributed by atoms with E-state index < -0.39 is 6.10 Å². The van der Waals surface area contributed by atoms with Gasteiger partial charge in [0.05, 0.1) is 0 Å². The summed E-state index contributed by atoms with van der Waals surface area (Å²) in [5.41, 5.74) is 0. The second kappa shape index (κ2) is 4.28. The van der Waals surface area contributed by atoms with Crippen LogP contribution in [-0.2, 0) is 9.59 Å². The fraction of sp³-hybridized carbons (Fsp3) is 0.111. The van der Waals surface area contributed by atoms with E-state index in [1.165, 1.54) is 6.29 Å². The van der Waals surface area contributed by atoms with Gasteiger partial charge in [0.2, 0.25) is 6.10 Å². The van der Waals surface area contributed by atoms with Crippen LogP contribution in [0.25, 0.3) is 0 Å². The minimum Gasteiger partial charge on any atom is -0.475 e. The van der Waals surface area contributed by atoms with Gasteiger partial charge in [0, 0.05) is 0 Å². The van der Waals surface area contributed by atoms with E-state index in [9.17, 15) is 9.59 Å². The molecule has 0 saturated carbocycles. The van der Waals surface area contributed by atoms with E-state index >= 15 is 0 Å². The quantitative estimate of drug-likeness (QED) is 0.485. The van der Waals surface area contributed by atoms with Crippen molar-refractivity contribution >= 4 is 12.6 Å². The predicted molar refractivity (Wildman–Crippen MR) is 42.6 cm³/mol. The van der Waals surface area contributed by atoms with Crippen LogP contribution in [-0.4, -0.2) is 18.7 Å². The third kappa shape index (κ3) is 2.20. The summed E-state index contributed by atoms with van der Waals surface area (Å²) in [6.07, 6.45) is 0.745. The molecule has 0 bridgehead atoms. The van der Waals surface area contributed by atoms with Crippen LogP contribution < -0.4 is 4.74 Å². The molecule has 0 aliphatic carbocycles. The summed E-state index contributed by atoms with van der Waals surface area (Å²) in [5.74, 6) is 0.484. The van der Waals surface area contributed by atoms with Crippen molar-refractivity contribution in [1.82, 2.24) is 0 Å². The molecule has 12 heavy (non-hydrogen) atoms. The Morgan fingerprint density at radius 2 is 2.00 bits per heavy atom. The Morgan fingerprint density at radius 3 is 2.50 bits per heavy atom. The van der Waals surface area contributed by atoms with Crippen LogP contribution in [0.1, 0.15) is 0 Å². The number of ether oxygens (including phenoxy) is 1. The minimum absolute atomic E-state index is 0.403. The van der Waals surface area contributed by atoms with Gasteiger partial charge in [0.1, 0.15) is 5.75 Å². The standard InChI is InChI=1S/C9H7O3/c10-6-9(7-11)12-8-4-2-1-3-5-8/h1-6,9H. The van der Waals surface area contributed by atoms with Crippen LogP contribution in [0, 0.1) is 0 Å². The highest BCUT2D eigenvalue weighted by molar-refractivity contribution is 5.81. The Balaban J connectivity index is 2.62. The van der Waals surface area contributed by atoms with Gasteiger partial charge in [-0.1, -0.05) is 18.2 Å². The number of carbonyl (C=O) groups is 1. The van der Waals surface area contributed by atoms with Crippen molar-refractivity contribution in [1.29, 1.82) is 0 Å². The molecule has 61 valence electrons. The molecular formula is C9H7O3. The largest absolute Gasteiger partial charge is 0.475 e. The summed E-state index contributed by atoms with van der Waals surface area (Å²) in [6.45, 7) is 0. The molecule has 0 aliphatic heterocycles. The number of hydrogen-bond acceptors (Lipinski definition) is 3. The Hall–Kier alpha value is -1.64. The average molecular weight is 163 g/mol. The highest BCUT2D eigenvalue weighted by Crippen LogP contribution is 2.09. The van der Waals surface area contributed by atoms with Crippen molar-refractivity contribution in [3.05, 3.63) is 30.3 Å². The second-order valence-electron chi connectivity index (χ2n) is 2.11. The molecule has 1 radical (unpaired) electrons. The zero-order chi connectivity index (χ0) is 8.81. The van der Waals surface area contributed by atoms with Gasteiger partial charge in [-0.15, -0.1) is 0 Å². The molecule has 0 aromatic heterocycles. The van der Waals surface area contributed by atoms with Crippen LogP contribution in [0.15, 0.2) is 30.3 Å². The molecule has 1 unspecified atom stereocenters. The van der Waals surface area contributed by atoms with E-state index in [4.69, 9.17) is 4.74 Å². The number of benzene rings is 1. The maximum absolute atomic E-state index is 10.2. The Labute approximate surface area is 70.0 Å². The molecular weight excluding hydrogens is 156 g/mol. The first-order valence-electron chi connectivity index (χ1n) is 3.41. The number of carbonyl (C=O) groups excluding carboxylic acids is 2. The maximum Gasteiger partial charge on any atom is 0.250 e. The minimum atomic E-state index is -1.12. The molecule has 1 aromatic carbocycles. The highest BCUT2D eigenvalue weighted by atomic mass is 16.5. The molecule has 1 rings (SSSR count). The lowest BCUT2D eigenvalue weighted by Gasteiger charge is -2.05. The Kier molecular flexibility index (Phi) is 3.02. The molecule has 0 N–H and O–H groups in total. The van der Waals surface area contributed by atoms with Crippen molar-refractivity contribution in [2.75, 3.05) is 0 Å². The van der Waals surface area contributed by atoms with E-state index in [0.29, 0.717) is 12.0 Å². The number of para-hydroxylation sites is 1. The molecule has 0 fully saturated rings. The average Bonchev–Trinajstić information content (AvgIpc) is 2.16. The lowest BCUT2D eigenvalue weighted by molar-refractivity contribution is -0.111. The normalized spacial score (nSPS) is 9.42. The first kappa shape index (κ1) is 8.46. The van der Waals surface area contributed by atoms with Crippen molar-refractivity contribution in [3.63, 3.8) is 0 Å². The molecule has 1 atom stereocenters. The van der Waals surface area contributed by atoms with Gasteiger partial charge in [-0.05, 0) is 12.1 Å². The Morgan fingerprint density at radius 1 is 1.33 bits per heavy atom. The summed E-state index contributed by atoms with van der Waals surface area (Å²) >= 11 is 0. The van der Waals surface area contributed by atoms with Gasteiger partial charge >= 0.3 is 0 Å². The van der Waals surface area contributed by atoms with Gasteiger partial charge < -0.3 is 4.74 Å². The molecule has 0 amide bonds. The lowest BCUT2D eigenvalue weighted by atomic mass is 10.3. The Bertz CT molecular complexity index is 248. The van der Waals surface area contributed by atoms with E-state index in [-0.39, 0.29) is 0 Å². The van der Waals surface area contributed by atoms with E-state index in [1.54, 1.807) is 24.3 Å². The van der Waals surface area contributed by atoms with E-state index in [1.807, 2.05) is 6.07 Å². The van der Waals surface area contributed by atoms with Gasteiger partial charge in [-0.3, -0.25) is 9.59 Å². The van der Waals surface area contributed by atoms with Crippen molar-refractivity contribution in [2.45, 2.75) is 6.10 Å². The van der Waals surface area contributed by atoms with Crippen LogP contribution >= 0.6 is 0 Å². The summed E-state index contributed by atoms with van der Waals surface area (Å²) in [5, 5.41) is 0. The molecule has 1 aromatic rings. The molecule has 0 saturated heterocycles. The second-order valence-corrected chi connectivity index (χ2v) is 2.11. The SMILES string of the molecule is O=[C]C(C=O)Oc1ccccc1. The summed E-state index contributed by atoms with van der Waals surface area (Å²) in [7, 11) is 0. The van der Waals surface area contributed by atoms with Crippen molar-refractivity contribution in [2.24, 2.45) is 0 Å². The molecule has 3 nitrogen and oxygen atoms in total. The summed E-state index contributed by atoms with van der Waals surface area (Å²) in [6, 6.07) is 8.64. The smallest absolute Gasteiger partial charge is 0.250 e. The zero-order valence-electron chi connectivity index (χ0n) is 6.27. The maximum atomic E-state index is 10.2. The molecule has 0 aliphatic rings. The number of rotatable bonds is 4. The predicted octanol–water partition coefficient (Wildman–Crippen LogP) is 0.743. The van der Waals surface area contributed by atoms with Crippen molar-refractivity contribution in [3.8, 4) is 5.75 Å². The fourth-order valence-electron chi connectivity index (χ4n) is 0.725. The third-order valence-corrected chi connectivity index (χ3v) is 1.25. The lowest BCUT2D eigenvalue weighted by Crippen LogP contribution is -2.19. The topological polar surface area (TPSA) is 43.4 Å². The number of hydrogen-bond donors (Lipinski definition) is 0. The first-order valence-corrected chi connectivity index (χ1v) is 3.41. The van der Waals surface area contributed by atoms with Gasteiger partial charge in [-0.25, -0.2) is 0 Å². The van der Waals surface area contributed by atoms with E-state index in [2.05, 4.69) is 0 Å². The van der Waals surface area contributed by atoms with Crippen LogP contribution in [0.5, 0.6) is 5.75 Å². The molecule has 0 heterocycles.